The maximum absolute atomic E-state index is 12.0. The van der Waals surface area contributed by atoms with Gasteiger partial charge in [-0.25, -0.2) is 4.98 Å². The highest BCUT2D eigenvalue weighted by molar-refractivity contribution is 7.98. The van der Waals surface area contributed by atoms with Crippen molar-refractivity contribution in [3.05, 3.63) is 36.0 Å². The van der Waals surface area contributed by atoms with Crippen LogP contribution in [0.1, 0.15) is 29.2 Å². The van der Waals surface area contributed by atoms with Crippen molar-refractivity contribution in [3.63, 3.8) is 0 Å². The van der Waals surface area contributed by atoms with Gasteiger partial charge >= 0.3 is 0 Å². The summed E-state index contributed by atoms with van der Waals surface area (Å²) in [6, 6.07) is 3.58. The van der Waals surface area contributed by atoms with Gasteiger partial charge in [-0.3, -0.25) is 4.79 Å². The van der Waals surface area contributed by atoms with E-state index < -0.39 is 0 Å². The van der Waals surface area contributed by atoms with Gasteiger partial charge in [0.05, 0.1) is 5.75 Å². The standard InChI is InChI=1S/C15H20N4O2S.2ClH/c1-19-7-6-17-15(19)22-9-11-4-5-13(21-11)14(20)18-8-12(16)10-2-3-10;;/h4-7,10,12H,2-3,8-9,16H2,1H3,(H,18,20);2*1H. The number of carbonyl (C=O) groups is 1. The summed E-state index contributed by atoms with van der Waals surface area (Å²) in [6.45, 7) is 0.502. The summed E-state index contributed by atoms with van der Waals surface area (Å²) in [7, 11) is 1.94. The third-order valence-electron chi connectivity index (χ3n) is 3.73. The number of nitrogens with two attached hydrogens (primary N) is 1. The Labute approximate surface area is 157 Å². The van der Waals surface area contributed by atoms with E-state index in [1.807, 2.05) is 23.9 Å². The second-order valence-corrected chi connectivity index (χ2v) is 6.53. The summed E-state index contributed by atoms with van der Waals surface area (Å²) in [6.07, 6.45) is 6.00. The SMILES string of the molecule is Cl.Cl.Cn1ccnc1SCc1ccc(C(=O)NCC(N)C2CC2)o1. The van der Waals surface area contributed by atoms with Gasteiger partial charge in [0.15, 0.2) is 10.9 Å². The van der Waals surface area contributed by atoms with Crippen molar-refractivity contribution in [2.75, 3.05) is 6.54 Å². The second kappa shape index (κ2) is 9.36. The molecule has 3 rings (SSSR count). The Kier molecular flexibility index (Phi) is 8.15. The van der Waals surface area contributed by atoms with Crippen molar-refractivity contribution in [2.24, 2.45) is 18.7 Å². The van der Waals surface area contributed by atoms with Gasteiger partial charge in [-0.1, -0.05) is 11.8 Å². The van der Waals surface area contributed by atoms with Crippen molar-refractivity contribution in [1.29, 1.82) is 0 Å². The lowest BCUT2D eigenvalue weighted by atomic mass is 10.2. The molecule has 0 aliphatic heterocycles. The van der Waals surface area contributed by atoms with Crippen LogP contribution in [0.3, 0.4) is 0 Å². The van der Waals surface area contributed by atoms with Crippen LogP contribution in [-0.4, -0.2) is 28.0 Å². The van der Waals surface area contributed by atoms with E-state index in [-0.39, 0.29) is 36.8 Å². The predicted molar refractivity (Wildman–Crippen MR) is 99.0 cm³/mol. The number of imidazole rings is 1. The normalized spacial score (nSPS) is 14.4. The third-order valence-corrected chi connectivity index (χ3v) is 4.81. The lowest BCUT2D eigenvalue weighted by Crippen LogP contribution is -2.38. The highest BCUT2D eigenvalue weighted by Crippen LogP contribution is 2.31. The van der Waals surface area contributed by atoms with Gasteiger partial charge in [0.1, 0.15) is 5.76 Å². The molecule has 9 heteroatoms. The smallest absolute Gasteiger partial charge is 0.287 e. The van der Waals surface area contributed by atoms with Gasteiger partial charge in [0, 0.05) is 32.0 Å². The first-order valence-electron chi connectivity index (χ1n) is 7.36. The highest BCUT2D eigenvalue weighted by Gasteiger charge is 2.28. The molecule has 134 valence electrons. The van der Waals surface area contributed by atoms with E-state index in [1.54, 1.807) is 24.0 Å². The zero-order valence-electron chi connectivity index (χ0n) is 13.3. The molecule has 3 N–H and O–H groups in total. The lowest BCUT2D eigenvalue weighted by molar-refractivity contribution is 0.0921. The molecule has 2 aromatic rings. The molecule has 1 aliphatic carbocycles. The number of thioether (sulfide) groups is 1. The molecule has 0 spiro atoms. The molecule has 1 saturated carbocycles. The minimum absolute atomic E-state index is 0. The molecule has 1 atom stereocenters. The van der Waals surface area contributed by atoms with E-state index in [0.29, 0.717) is 24.0 Å². The molecule has 24 heavy (non-hydrogen) atoms. The molecule has 2 heterocycles. The number of furan rings is 1. The number of amides is 1. The van der Waals surface area contributed by atoms with Gasteiger partial charge in [0.2, 0.25) is 0 Å². The van der Waals surface area contributed by atoms with Crippen LogP contribution in [0.15, 0.2) is 34.1 Å². The Morgan fingerprint density at radius 2 is 2.25 bits per heavy atom. The summed E-state index contributed by atoms with van der Waals surface area (Å²) >= 11 is 1.57. The number of nitrogens with one attached hydrogen (secondary N) is 1. The fraction of sp³-hybridized carbons (Fsp3) is 0.467. The van der Waals surface area contributed by atoms with Crippen LogP contribution in [0.5, 0.6) is 0 Å². The van der Waals surface area contributed by atoms with Crippen LogP contribution in [-0.2, 0) is 12.8 Å². The first-order valence-corrected chi connectivity index (χ1v) is 8.34. The molecule has 0 bridgehead atoms. The van der Waals surface area contributed by atoms with Crippen molar-refractivity contribution >= 4 is 42.5 Å². The predicted octanol–water partition coefficient (Wildman–Crippen LogP) is 2.62. The van der Waals surface area contributed by atoms with Gasteiger partial charge in [-0.15, -0.1) is 24.8 Å². The summed E-state index contributed by atoms with van der Waals surface area (Å²) < 4.78 is 7.53. The highest BCUT2D eigenvalue weighted by atomic mass is 35.5. The average Bonchev–Trinajstić information content (AvgIpc) is 3.12. The van der Waals surface area contributed by atoms with Gasteiger partial charge in [-0.2, -0.15) is 0 Å². The Bertz CT molecular complexity index is 657. The molecule has 1 unspecified atom stereocenters. The number of rotatable bonds is 7. The fourth-order valence-corrected chi connectivity index (χ4v) is 3.02. The third kappa shape index (κ3) is 5.44. The van der Waals surface area contributed by atoms with Crippen LogP contribution >= 0.6 is 36.6 Å². The number of aryl methyl sites for hydroxylation is 1. The summed E-state index contributed by atoms with van der Waals surface area (Å²) in [4.78, 5) is 16.2. The largest absolute Gasteiger partial charge is 0.455 e. The zero-order valence-corrected chi connectivity index (χ0v) is 15.8. The number of aromatic nitrogens is 2. The van der Waals surface area contributed by atoms with Crippen LogP contribution in [0, 0.1) is 5.92 Å². The van der Waals surface area contributed by atoms with Crippen LogP contribution in [0.25, 0.3) is 0 Å². The fourth-order valence-electron chi connectivity index (χ4n) is 2.19. The zero-order chi connectivity index (χ0) is 15.5. The molecule has 0 aromatic carbocycles. The minimum Gasteiger partial charge on any atom is -0.455 e. The second-order valence-electron chi connectivity index (χ2n) is 5.59. The van der Waals surface area contributed by atoms with E-state index in [9.17, 15) is 4.79 Å². The molecule has 1 fully saturated rings. The quantitative estimate of drug-likeness (QED) is 0.707. The molecule has 0 saturated heterocycles. The minimum atomic E-state index is -0.204. The van der Waals surface area contributed by atoms with Crippen LogP contribution in [0.4, 0.5) is 0 Å². The first kappa shape index (κ1) is 20.9. The maximum Gasteiger partial charge on any atom is 0.287 e. The Hall–Kier alpha value is -1.15. The van der Waals surface area contributed by atoms with Crippen molar-refractivity contribution in [1.82, 2.24) is 14.9 Å². The topological polar surface area (TPSA) is 86.1 Å². The maximum atomic E-state index is 12.0. The van der Waals surface area contributed by atoms with Gasteiger partial charge in [0.25, 0.3) is 5.91 Å². The molecule has 6 nitrogen and oxygen atoms in total. The molecule has 2 aromatic heterocycles. The van der Waals surface area contributed by atoms with Crippen molar-refractivity contribution in [2.45, 2.75) is 29.8 Å². The molecular formula is C15H22Cl2N4O2S. The number of halogens is 2. The summed E-state index contributed by atoms with van der Waals surface area (Å²) in [5.74, 6) is 2.09. The average molecular weight is 393 g/mol. The molecule has 0 radical (unpaired) electrons. The molecule has 1 amide bonds. The Balaban J connectivity index is 0.00000144. The van der Waals surface area contributed by atoms with Crippen molar-refractivity contribution < 1.29 is 9.21 Å². The van der Waals surface area contributed by atoms with E-state index >= 15 is 0 Å². The molecule has 1 aliphatic rings. The van der Waals surface area contributed by atoms with Gasteiger partial charge < -0.3 is 20.0 Å². The number of hydrogen-bond acceptors (Lipinski definition) is 5. The van der Waals surface area contributed by atoms with Crippen molar-refractivity contribution in [3.8, 4) is 0 Å². The van der Waals surface area contributed by atoms with Crippen LogP contribution in [0.2, 0.25) is 0 Å². The van der Waals surface area contributed by atoms with E-state index in [1.165, 1.54) is 12.8 Å². The molecular weight excluding hydrogens is 371 g/mol. The summed E-state index contributed by atoms with van der Waals surface area (Å²) in [5.41, 5.74) is 5.97. The van der Waals surface area contributed by atoms with Crippen LogP contribution < -0.4 is 11.1 Å². The number of nitrogens with zero attached hydrogens (tertiary/aromatic N) is 2. The Morgan fingerprint density at radius 3 is 2.88 bits per heavy atom. The first-order chi connectivity index (χ1) is 10.6. The van der Waals surface area contributed by atoms with E-state index in [2.05, 4.69) is 10.3 Å². The monoisotopic (exact) mass is 392 g/mol. The van der Waals surface area contributed by atoms with E-state index in [0.717, 1.165) is 10.9 Å². The Morgan fingerprint density at radius 1 is 1.50 bits per heavy atom. The number of carbonyl (C=O) groups excluding carboxylic acids is 1. The van der Waals surface area contributed by atoms with E-state index in [4.69, 9.17) is 10.2 Å². The summed E-state index contributed by atoms with van der Waals surface area (Å²) in [5, 5.41) is 3.75. The lowest BCUT2D eigenvalue weighted by Gasteiger charge is -2.10. The van der Waals surface area contributed by atoms with Gasteiger partial charge in [-0.05, 0) is 30.9 Å². The number of hydrogen-bond donors (Lipinski definition) is 2.